The Morgan fingerprint density at radius 2 is 2.11 bits per heavy atom. The number of unbranched alkanes of at least 4 members (excludes halogenated alkanes) is 1. The molecule has 0 fully saturated rings. The van der Waals surface area contributed by atoms with Crippen LogP contribution in [0.3, 0.4) is 0 Å². The number of carbonyl (C=O) groups excluding carboxylic acids is 1. The molecule has 1 rings (SSSR count). The Kier molecular flexibility index (Phi) is 5.40. The van der Waals surface area contributed by atoms with E-state index in [1.165, 1.54) is 18.2 Å². The van der Waals surface area contributed by atoms with E-state index in [0.29, 0.717) is 12.2 Å². The van der Waals surface area contributed by atoms with Crippen LogP contribution in [0, 0.1) is 0 Å². The largest absolute Gasteiger partial charge is 0.507 e. The molecule has 6 nitrogen and oxygen atoms in total. The van der Waals surface area contributed by atoms with Gasteiger partial charge < -0.3 is 20.8 Å². The highest BCUT2D eigenvalue weighted by molar-refractivity contribution is 5.95. The van der Waals surface area contributed by atoms with Gasteiger partial charge >= 0.3 is 12.0 Å². The third-order valence-electron chi connectivity index (χ3n) is 2.36. The summed E-state index contributed by atoms with van der Waals surface area (Å²) >= 11 is 0. The van der Waals surface area contributed by atoms with E-state index in [4.69, 9.17) is 5.11 Å². The number of benzene rings is 1. The molecule has 1 aromatic rings. The lowest BCUT2D eigenvalue weighted by atomic mass is 10.2. The summed E-state index contributed by atoms with van der Waals surface area (Å²) in [6.07, 6.45) is 3.36. The minimum absolute atomic E-state index is 0.260. The van der Waals surface area contributed by atoms with E-state index in [1.807, 2.05) is 0 Å². The first-order valence-electron chi connectivity index (χ1n) is 5.76. The van der Waals surface area contributed by atoms with E-state index in [1.54, 1.807) is 6.08 Å². The number of hydrogen-bond acceptors (Lipinski definition) is 3. The SMILES string of the molecule is C=CCCCNC(=O)Nc1ccc(O)c(C(=O)O)c1. The summed E-state index contributed by atoms with van der Waals surface area (Å²) in [5, 5.41) is 23.3. The lowest BCUT2D eigenvalue weighted by molar-refractivity contribution is 0.0693. The number of aromatic carboxylic acids is 1. The Balaban J connectivity index is 2.57. The minimum atomic E-state index is -1.26. The van der Waals surface area contributed by atoms with Crippen LogP contribution in [0.5, 0.6) is 5.75 Å². The number of anilines is 1. The highest BCUT2D eigenvalue weighted by Gasteiger charge is 2.11. The minimum Gasteiger partial charge on any atom is -0.507 e. The molecule has 0 aromatic heterocycles. The summed E-state index contributed by atoms with van der Waals surface area (Å²) < 4.78 is 0. The van der Waals surface area contributed by atoms with Crippen LogP contribution in [0.15, 0.2) is 30.9 Å². The Hall–Kier alpha value is -2.50. The van der Waals surface area contributed by atoms with Crippen LogP contribution < -0.4 is 10.6 Å². The number of rotatable bonds is 6. The molecule has 0 radical (unpaired) electrons. The quantitative estimate of drug-likeness (QED) is 0.359. The number of nitrogens with one attached hydrogen (secondary N) is 2. The molecule has 0 aliphatic carbocycles. The van der Waals surface area contributed by atoms with E-state index in [2.05, 4.69) is 17.2 Å². The van der Waals surface area contributed by atoms with Gasteiger partial charge in [-0.3, -0.25) is 0 Å². The fraction of sp³-hybridized carbons (Fsp3) is 0.231. The van der Waals surface area contributed by atoms with Crippen LogP contribution in [0.1, 0.15) is 23.2 Å². The molecule has 0 atom stereocenters. The van der Waals surface area contributed by atoms with Gasteiger partial charge in [0.2, 0.25) is 0 Å². The van der Waals surface area contributed by atoms with E-state index in [0.717, 1.165) is 12.8 Å². The van der Waals surface area contributed by atoms with E-state index >= 15 is 0 Å². The first-order valence-corrected chi connectivity index (χ1v) is 5.76. The number of carbonyl (C=O) groups is 2. The van der Waals surface area contributed by atoms with Crippen molar-refractivity contribution < 1.29 is 19.8 Å². The van der Waals surface area contributed by atoms with Crippen LogP contribution in [-0.2, 0) is 0 Å². The number of urea groups is 1. The maximum atomic E-state index is 11.5. The Morgan fingerprint density at radius 1 is 1.37 bits per heavy atom. The number of hydrogen-bond donors (Lipinski definition) is 4. The number of phenols is 1. The molecule has 1 aromatic carbocycles. The standard InChI is InChI=1S/C13H16N2O4/c1-2-3-4-7-14-13(19)15-9-5-6-11(16)10(8-9)12(17)18/h2,5-6,8,16H,1,3-4,7H2,(H,17,18)(H2,14,15,19). The molecular weight excluding hydrogens is 248 g/mol. The van der Waals surface area contributed by atoms with Gasteiger partial charge in [-0.25, -0.2) is 9.59 Å². The summed E-state index contributed by atoms with van der Waals surface area (Å²) in [6.45, 7) is 4.07. The third kappa shape index (κ3) is 4.71. The van der Waals surface area contributed by atoms with Gasteiger partial charge in [0, 0.05) is 12.2 Å². The van der Waals surface area contributed by atoms with Crippen LogP contribution in [0.25, 0.3) is 0 Å². The molecule has 4 N–H and O–H groups in total. The maximum Gasteiger partial charge on any atom is 0.339 e. The van der Waals surface area contributed by atoms with Crippen molar-refractivity contribution in [1.82, 2.24) is 5.32 Å². The fourth-order valence-electron chi connectivity index (χ4n) is 1.41. The molecule has 0 spiro atoms. The predicted octanol–water partition coefficient (Wildman–Crippen LogP) is 2.18. The first-order chi connectivity index (χ1) is 9.04. The Bertz CT molecular complexity index is 486. The maximum absolute atomic E-state index is 11.5. The number of allylic oxidation sites excluding steroid dienone is 1. The molecule has 0 unspecified atom stereocenters. The zero-order chi connectivity index (χ0) is 14.3. The Morgan fingerprint density at radius 3 is 2.74 bits per heavy atom. The van der Waals surface area contributed by atoms with Gasteiger partial charge in [-0.05, 0) is 31.0 Å². The number of amides is 2. The molecule has 0 aliphatic heterocycles. The summed E-state index contributed by atoms with van der Waals surface area (Å²) in [4.78, 5) is 22.3. The topological polar surface area (TPSA) is 98.7 Å². The highest BCUT2D eigenvalue weighted by atomic mass is 16.4. The average molecular weight is 264 g/mol. The molecular formula is C13H16N2O4. The smallest absolute Gasteiger partial charge is 0.339 e. The summed E-state index contributed by atoms with van der Waals surface area (Å²) in [5.74, 6) is -1.60. The summed E-state index contributed by atoms with van der Waals surface area (Å²) in [5.41, 5.74) is 0.0425. The van der Waals surface area contributed by atoms with Gasteiger partial charge in [0.25, 0.3) is 0 Å². The van der Waals surface area contributed by atoms with Crippen LogP contribution in [-0.4, -0.2) is 28.8 Å². The van der Waals surface area contributed by atoms with Crippen molar-refractivity contribution in [2.45, 2.75) is 12.8 Å². The average Bonchev–Trinajstić information content (AvgIpc) is 2.36. The lowest BCUT2D eigenvalue weighted by Gasteiger charge is -2.08. The fourth-order valence-corrected chi connectivity index (χ4v) is 1.41. The molecule has 0 aliphatic rings. The summed E-state index contributed by atoms with van der Waals surface area (Å²) in [6, 6.07) is 3.41. The molecule has 19 heavy (non-hydrogen) atoms. The lowest BCUT2D eigenvalue weighted by Crippen LogP contribution is -2.29. The van der Waals surface area contributed by atoms with Crippen molar-refractivity contribution in [2.75, 3.05) is 11.9 Å². The molecule has 0 bridgehead atoms. The van der Waals surface area contributed by atoms with Crippen LogP contribution >= 0.6 is 0 Å². The van der Waals surface area contributed by atoms with Crippen molar-refractivity contribution in [3.63, 3.8) is 0 Å². The van der Waals surface area contributed by atoms with Crippen LogP contribution in [0.4, 0.5) is 10.5 Å². The van der Waals surface area contributed by atoms with E-state index < -0.39 is 12.0 Å². The number of carboxylic acids is 1. The second-order valence-corrected chi connectivity index (χ2v) is 3.85. The molecule has 6 heteroatoms. The highest BCUT2D eigenvalue weighted by Crippen LogP contribution is 2.21. The Labute approximate surface area is 110 Å². The zero-order valence-corrected chi connectivity index (χ0v) is 10.3. The van der Waals surface area contributed by atoms with Crippen molar-refractivity contribution >= 4 is 17.7 Å². The normalized spacial score (nSPS) is 9.68. The number of aromatic hydroxyl groups is 1. The molecule has 0 saturated heterocycles. The molecule has 2 amide bonds. The zero-order valence-electron chi connectivity index (χ0n) is 10.3. The van der Waals surface area contributed by atoms with Crippen molar-refractivity contribution in [1.29, 1.82) is 0 Å². The number of carboxylic acid groups (broad SMARTS) is 1. The van der Waals surface area contributed by atoms with Gasteiger partial charge in [-0.15, -0.1) is 6.58 Å². The first kappa shape index (κ1) is 14.6. The van der Waals surface area contributed by atoms with Crippen molar-refractivity contribution in [3.8, 4) is 5.75 Å². The summed E-state index contributed by atoms with van der Waals surface area (Å²) in [7, 11) is 0. The van der Waals surface area contributed by atoms with Gasteiger partial charge in [0.15, 0.2) is 0 Å². The van der Waals surface area contributed by atoms with E-state index in [9.17, 15) is 14.7 Å². The van der Waals surface area contributed by atoms with Gasteiger partial charge in [-0.1, -0.05) is 6.08 Å². The molecule has 0 saturated carbocycles. The van der Waals surface area contributed by atoms with E-state index in [-0.39, 0.29) is 11.3 Å². The second-order valence-electron chi connectivity index (χ2n) is 3.85. The predicted molar refractivity (Wildman–Crippen MR) is 71.5 cm³/mol. The second kappa shape index (κ2) is 7.05. The molecule has 0 heterocycles. The van der Waals surface area contributed by atoms with Gasteiger partial charge in [0.05, 0.1) is 0 Å². The van der Waals surface area contributed by atoms with Crippen molar-refractivity contribution in [3.05, 3.63) is 36.4 Å². The van der Waals surface area contributed by atoms with Gasteiger partial charge in [-0.2, -0.15) is 0 Å². The van der Waals surface area contributed by atoms with Gasteiger partial charge in [0.1, 0.15) is 11.3 Å². The molecule has 102 valence electrons. The third-order valence-corrected chi connectivity index (χ3v) is 2.36. The van der Waals surface area contributed by atoms with Crippen molar-refractivity contribution in [2.24, 2.45) is 0 Å². The monoisotopic (exact) mass is 264 g/mol. The van der Waals surface area contributed by atoms with Crippen LogP contribution in [0.2, 0.25) is 0 Å².